The zero-order valence-electron chi connectivity index (χ0n) is 13.9. The minimum atomic E-state index is -0.659. The number of nitrogens with zero attached hydrogens (tertiary/aromatic N) is 2. The molecule has 7 nitrogen and oxygen atoms in total. The van der Waals surface area contributed by atoms with Crippen molar-refractivity contribution < 1.29 is 14.5 Å². The number of ether oxygens (including phenoxy) is 1. The third-order valence-corrected chi connectivity index (χ3v) is 3.86. The summed E-state index contributed by atoms with van der Waals surface area (Å²) in [6.45, 7) is 0. The Hall–Kier alpha value is -3.74. The lowest BCUT2D eigenvalue weighted by Gasteiger charge is -2.08. The third kappa shape index (κ3) is 3.36. The van der Waals surface area contributed by atoms with E-state index in [4.69, 9.17) is 4.74 Å². The minimum Gasteiger partial charge on any atom is -0.496 e. The van der Waals surface area contributed by atoms with Crippen LogP contribution in [0.5, 0.6) is 5.75 Å². The molecule has 26 heavy (non-hydrogen) atoms. The van der Waals surface area contributed by atoms with Crippen molar-refractivity contribution in [1.82, 2.24) is 5.43 Å². The highest BCUT2D eigenvalue weighted by atomic mass is 16.6. The van der Waals surface area contributed by atoms with Gasteiger partial charge in [0.2, 0.25) is 0 Å². The molecule has 0 spiro atoms. The second-order valence-corrected chi connectivity index (χ2v) is 5.38. The van der Waals surface area contributed by atoms with Crippen molar-refractivity contribution in [2.24, 2.45) is 5.10 Å². The third-order valence-electron chi connectivity index (χ3n) is 3.86. The van der Waals surface area contributed by atoms with Crippen molar-refractivity contribution in [1.29, 1.82) is 0 Å². The van der Waals surface area contributed by atoms with Crippen molar-refractivity contribution in [3.63, 3.8) is 0 Å². The van der Waals surface area contributed by atoms with Crippen molar-refractivity contribution in [3.05, 3.63) is 81.9 Å². The van der Waals surface area contributed by atoms with Gasteiger partial charge in [0.15, 0.2) is 0 Å². The lowest BCUT2D eigenvalue weighted by molar-refractivity contribution is -0.385. The summed E-state index contributed by atoms with van der Waals surface area (Å²) >= 11 is 0. The lowest BCUT2D eigenvalue weighted by atomic mass is 10.0. The summed E-state index contributed by atoms with van der Waals surface area (Å²) in [6, 6.07) is 17.1. The molecular formula is C19H15N3O4. The highest BCUT2D eigenvalue weighted by Crippen LogP contribution is 2.26. The fourth-order valence-electron chi connectivity index (χ4n) is 2.63. The molecule has 130 valence electrons. The van der Waals surface area contributed by atoms with Crippen LogP contribution in [0.3, 0.4) is 0 Å². The molecule has 0 aliphatic heterocycles. The fraction of sp³-hybridized carbons (Fsp3) is 0.0526. The van der Waals surface area contributed by atoms with Crippen LogP contribution in [0.15, 0.2) is 65.8 Å². The number of nitro benzene ring substituents is 1. The second kappa shape index (κ2) is 7.43. The first-order valence-corrected chi connectivity index (χ1v) is 7.74. The molecule has 3 aromatic carbocycles. The Morgan fingerprint density at radius 3 is 2.62 bits per heavy atom. The van der Waals surface area contributed by atoms with Gasteiger partial charge < -0.3 is 4.74 Å². The molecule has 0 aliphatic rings. The highest BCUT2D eigenvalue weighted by molar-refractivity contribution is 6.03. The summed E-state index contributed by atoms with van der Waals surface area (Å²) in [4.78, 5) is 22.6. The van der Waals surface area contributed by atoms with Crippen molar-refractivity contribution in [2.75, 3.05) is 7.11 Å². The van der Waals surface area contributed by atoms with E-state index in [2.05, 4.69) is 10.5 Å². The molecule has 3 aromatic rings. The van der Waals surface area contributed by atoms with Crippen LogP contribution in [0, 0.1) is 10.1 Å². The van der Waals surface area contributed by atoms with E-state index in [1.54, 1.807) is 13.2 Å². The van der Waals surface area contributed by atoms with Crippen molar-refractivity contribution >= 4 is 28.6 Å². The zero-order valence-corrected chi connectivity index (χ0v) is 13.9. The van der Waals surface area contributed by atoms with Crippen LogP contribution in [0.25, 0.3) is 10.8 Å². The lowest BCUT2D eigenvalue weighted by Crippen LogP contribution is -2.19. The summed E-state index contributed by atoms with van der Waals surface area (Å²) in [6.07, 6.45) is 1.47. The van der Waals surface area contributed by atoms with Gasteiger partial charge in [0, 0.05) is 11.6 Å². The summed E-state index contributed by atoms with van der Waals surface area (Å²) in [7, 11) is 1.55. The van der Waals surface area contributed by atoms with Gasteiger partial charge in [-0.2, -0.15) is 5.10 Å². The summed E-state index contributed by atoms with van der Waals surface area (Å²) in [5, 5.41) is 16.9. The maximum atomic E-state index is 12.2. The van der Waals surface area contributed by atoms with Gasteiger partial charge in [-0.05, 0) is 22.9 Å². The Morgan fingerprint density at radius 2 is 1.85 bits per heavy atom. The first-order chi connectivity index (χ1) is 12.6. The molecule has 0 bridgehead atoms. The first-order valence-electron chi connectivity index (χ1n) is 7.74. The summed E-state index contributed by atoms with van der Waals surface area (Å²) < 4.78 is 5.35. The molecule has 0 radical (unpaired) electrons. The molecule has 3 rings (SSSR count). The molecule has 7 heteroatoms. The van der Waals surface area contributed by atoms with E-state index in [1.807, 2.05) is 36.4 Å². The number of para-hydroxylation sites is 1. The summed E-state index contributed by atoms with van der Waals surface area (Å²) in [5.41, 5.74) is 2.70. The number of hydrogen-bond donors (Lipinski definition) is 1. The number of amides is 1. The Bertz CT molecular complexity index is 1010. The zero-order chi connectivity index (χ0) is 18.5. The van der Waals surface area contributed by atoms with Gasteiger partial charge in [0.25, 0.3) is 11.6 Å². The van der Waals surface area contributed by atoms with E-state index >= 15 is 0 Å². The second-order valence-electron chi connectivity index (χ2n) is 5.38. The van der Waals surface area contributed by atoms with Gasteiger partial charge in [0.1, 0.15) is 11.3 Å². The number of hydrazone groups is 1. The number of benzene rings is 3. The van der Waals surface area contributed by atoms with Gasteiger partial charge in [-0.25, -0.2) is 5.43 Å². The number of nitro groups is 1. The maximum absolute atomic E-state index is 12.2. The molecule has 0 atom stereocenters. The fourth-order valence-corrected chi connectivity index (χ4v) is 2.63. The Kier molecular flexibility index (Phi) is 4.89. The van der Waals surface area contributed by atoms with Crippen LogP contribution in [-0.4, -0.2) is 24.2 Å². The predicted molar refractivity (Wildman–Crippen MR) is 98.7 cm³/mol. The van der Waals surface area contributed by atoms with E-state index in [9.17, 15) is 14.9 Å². The molecular weight excluding hydrogens is 334 g/mol. The van der Waals surface area contributed by atoms with Gasteiger partial charge in [0.05, 0.1) is 18.2 Å². The molecule has 0 aromatic heterocycles. The number of carbonyl (C=O) groups excluding carboxylic acids is 1. The Morgan fingerprint density at radius 1 is 1.12 bits per heavy atom. The number of rotatable bonds is 5. The molecule has 0 saturated heterocycles. The monoisotopic (exact) mass is 349 g/mol. The number of carbonyl (C=O) groups is 1. The van der Waals surface area contributed by atoms with Gasteiger partial charge in [-0.1, -0.05) is 42.5 Å². The van der Waals surface area contributed by atoms with Gasteiger partial charge in [-0.15, -0.1) is 0 Å². The largest absolute Gasteiger partial charge is 0.496 e. The van der Waals surface area contributed by atoms with Crippen LogP contribution >= 0.6 is 0 Å². The molecule has 1 amide bonds. The number of methoxy groups -OCH3 is 1. The van der Waals surface area contributed by atoms with Gasteiger partial charge >= 0.3 is 0 Å². The van der Waals surface area contributed by atoms with Crippen LogP contribution < -0.4 is 10.2 Å². The first kappa shape index (κ1) is 17.1. The topological polar surface area (TPSA) is 93.8 Å². The maximum Gasteiger partial charge on any atom is 0.282 e. The van der Waals surface area contributed by atoms with Crippen LogP contribution in [-0.2, 0) is 0 Å². The van der Waals surface area contributed by atoms with E-state index in [1.165, 1.54) is 24.4 Å². The number of hydrogen-bond acceptors (Lipinski definition) is 5. The number of nitrogens with one attached hydrogen (secondary N) is 1. The number of fused-ring (bicyclic) bond motifs is 1. The average Bonchev–Trinajstić information content (AvgIpc) is 2.67. The van der Waals surface area contributed by atoms with E-state index in [-0.39, 0.29) is 11.3 Å². The quantitative estimate of drug-likeness (QED) is 0.433. The smallest absolute Gasteiger partial charge is 0.282 e. The van der Waals surface area contributed by atoms with Crippen LogP contribution in [0.1, 0.15) is 15.9 Å². The SMILES string of the molecule is COc1ccc2ccccc2c1/C=N/NC(=O)c1ccccc1[N+](=O)[O-]. The molecule has 0 saturated carbocycles. The molecule has 0 fully saturated rings. The normalized spacial score (nSPS) is 10.8. The highest BCUT2D eigenvalue weighted by Gasteiger charge is 2.18. The average molecular weight is 349 g/mol. The van der Waals surface area contributed by atoms with E-state index in [0.717, 1.165) is 10.8 Å². The van der Waals surface area contributed by atoms with Gasteiger partial charge in [-0.3, -0.25) is 14.9 Å². The molecule has 1 N–H and O–H groups in total. The molecule has 0 aliphatic carbocycles. The van der Waals surface area contributed by atoms with Crippen LogP contribution in [0.2, 0.25) is 0 Å². The minimum absolute atomic E-state index is 0.0560. The van der Waals surface area contributed by atoms with E-state index in [0.29, 0.717) is 11.3 Å². The summed E-state index contributed by atoms with van der Waals surface area (Å²) in [5.74, 6) is -0.0554. The van der Waals surface area contributed by atoms with Crippen molar-refractivity contribution in [2.45, 2.75) is 0 Å². The van der Waals surface area contributed by atoms with E-state index < -0.39 is 10.8 Å². The predicted octanol–water partition coefficient (Wildman–Crippen LogP) is 3.52. The Balaban J connectivity index is 1.89. The molecule has 0 heterocycles. The van der Waals surface area contributed by atoms with Crippen LogP contribution in [0.4, 0.5) is 5.69 Å². The Labute approximate surface area is 149 Å². The molecule has 0 unspecified atom stereocenters. The standard InChI is InChI=1S/C19H15N3O4/c1-26-18-11-10-13-6-2-3-7-14(13)16(18)12-20-21-19(23)15-8-4-5-9-17(15)22(24)25/h2-12H,1H3,(H,21,23)/b20-12+. The van der Waals surface area contributed by atoms with Crippen molar-refractivity contribution in [3.8, 4) is 5.75 Å².